The Bertz CT molecular complexity index is 600. The summed E-state index contributed by atoms with van der Waals surface area (Å²) in [5, 5.41) is 0. The number of anilines is 2. The van der Waals surface area contributed by atoms with E-state index in [-0.39, 0.29) is 24.0 Å². The Hall–Kier alpha value is -1.98. The van der Waals surface area contributed by atoms with Gasteiger partial charge < -0.3 is 20.3 Å². The van der Waals surface area contributed by atoms with Crippen LogP contribution in [0.3, 0.4) is 0 Å². The van der Waals surface area contributed by atoms with Gasteiger partial charge in [0.05, 0.1) is 11.7 Å². The monoisotopic (exact) mass is 307 g/mol. The molecule has 22 heavy (non-hydrogen) atoms. The lowest BCUT2D eigenvalue weighted by Crippen LogP contribution is -2.50. The van der Waals surface area contributed by atoms with Crippen LogP contribution >= 0.6 is 0 Å². The lowest BCUT2D eigenvalue weighted by molar-refractivity contribution is 0.0214. The highest BCUT2D eigenvalue weighted by Crippen LogP contribution is 2.36. The minimum absolute atomic E-state index is 0.0804. The van der Waals surface area contributed by atoms with E-state index in [1.165, 1.54) is 6.07 Å². The van der Waals surface area contributed by atoms with E-state index >= 15 is 0 Å². The summed E-state index contributed by atoms with van der Waals surface area (Å²) in [5.74, 6) is -0.309. The van der Waals surface area contributed by atoms with Gasteiger partial charge in [0, 0.05) is 24.8 Å². The Kier molecular flexibility index (Phi) is 3.42. The molecule has 2 heterocycles. The molecule has 5 nitrogen and oxygen atoms in total. The lowest BCUT2D eigenvalue weighted by Gasteiger charge is -2.36. The highest BCUT2D eigenvalue weighted by atomic mass is 19.1. The summed E-state index contributed by atoms with van der Waals surface area (Å²) in [5.41, 5.74) is 6.07. The van der Waals surface area contributed by atoms with Crippen molar-refractivity contribution in [2.75, 3.05) is 23.7 Å². The minimum atomic E-state index is -0.498. The zero-order valence-corrected chi connectivity index (χ0v) is 13.2. The van der Waals surface area contributed by atoms with E-state index < -0.39 is 5.60 Å². The number of halogens is 1. The standard InChI is InChI=1S/C16H22FN3O2/c1-16(2,3)22-15(21)20-9-11-7-12(20)8-19(11)14-5-4-10(18)6-13(14)17/h4-6,11-12H,7-9,18H2,1-3H3. The van der Waals surface area contributed by atoms with Crippen molar-refractivity contribution in [3.8, 4) is 0 Å². The molecule has 2 aliphatic heterocycles. The van der Waals surface area contributed by atoms with Crippen LogP contribution in [0, 0.1) is 5.82 Å². The van der Waals surface area contributed by atoms with Crippen LogP contribution in [0.2, 0.25) is 0 Å². The molecule has 2 aliphatic rings. The summed E-state index contributed by atoms with van der Waals surface area (Å²) in [6.07, 6.45) is 0.570. The maximum absolute atomic E-state index is 14.1. The zero-order chi connectivity index (χ0) is 16.1. The lowest BCUT2D eigenvalue weighted by atomic mass is 10.2. The molecule has 0 spiro atoms. The summed E-state index contributed by atoms with van der Waals surface area (Å²) >= 11 is 0. The molecule has 2 atom stereocenters. The van der Waals surface area contributed by atoms with Gasteiger partial charge in [-0.3, -0.25) is 0 Å². The number of amides is 1. The van der Waals surface area contributed by atoms with Crippen LogP contribution < -0.4 is 10.6 Å². The zero-order valence-electron chi connectivity index (χ0n) is 13.2. The van der Waals surface area contributed by atoms with E-state index in [4.69, 9.17) is 10.5 Å². The Morgan fingerprint density at radius 2 is 2.05 bits per heavy atom. The van der Waals surface area contributed by atoms with Crippen LogP contribution in [0.1, 0.15) is 27.2 Å². The molecule has 6 heteroatoms. The highest BCUT2D eigenvalue weighted by molar-refractivity contribution is 5.70. The molecule has 120 valence electrons. The third kappa shape index (κ3) is 2.69. The number of benzene rings is 1. The third-order valence-electron chi connectivity index (χ3n) is 4.15. The molecule has 2 fully saturated rings. The first-order valence-electron chi connectivity index (χ1n) is 7.56. The summed E-state index contributed by atoms with van der Waals surface area (Å²) in [6, 6.07) is 4.97. The van der Waals surface area contributed by atoms with Gasteiger partial charge in [-0.15, -0.1) is 0 Å². The van der Waals surface area contributed by atoms with Gasteiger partial charge in [0.2, 0.25) is 0 Å². The summed E-state index contributed by atoms with van der Waals surface area (Å²) in [6.45, 7) is 6.77. The van der Waals surface area contributed by atoms with E-state index in [1.807, 2.05) is 25.7 Å². The number of piperazine rings is 1. The van der Waals surface area contributed by atoms with Crippen molar-refractivity contribution in [1.82, 2.24) is 4.90 Å². The molecular weight excluding hydrogens is 285 g/mol. The van der Waals surface area contributed by atoms with E-state index in [9.17, 15) is 9.18 Å². The van der Waals surface area contributed by atoms with E-state index in [2.05, 4.69) is 0 Å². The second-order valence-corrected chi connectivity index (χ2v) is 7.04. The van der Waals surface area contributed by atoms with Gasteiger partial charge in [-0.2, -0.15) is 0 Å². The SMILES string of the molecule is CC(C)(C)OC(=O)N1CC2CC1CN2c1ccc(N)cc1F. The fraction of sp³-hybridized carbons (Fsp3) is 0.562. The second-order valence-electron chi connectivity index (χ2n) is 7.04. The molecule has 1 aromatic carbocycles. The highest BCUT2D eigenvalue weighted by Gasteiger charge is 2.47. The van der Waals surface area contributed by atoms with E-state index in [0.717, 1.165) is 6.42 Å². The molecule has 0 aliphatic carbocycles. The molecule has 1 aromatic rings. The van der Waals surface area contributed by atoms with Crippen molar-refractivity contribution < 1.29 is 13.9 Å². The van der Waals surface area contributed by atoms with Crippen molar-refractivity contribution in [1.29, 1.82) is 0 Å². The third-order valence-corrected chi connectivity index (χ3v) is 4.15. The second kappa shape index (κ2) is 5.04. The smallest absolute Gasteiger partial charge is 0.410 e. The van der Waals surface area contributed by atoms with Crippen molar-refractivity contribution >= 4 is 17.5 Å². The molecule has 3 rings (SSSR count). The number of nitrogens with two attached hydrogens (primary N) is 1. The van der Waals surface area contributed by atoms with Crippen molar-refractivity contribution in [2.24, 2.45) is 0 Å². The number of carbonyl (C=O) groups is 1. The molecule has 0 radical (unpaired) electrons. The van der Waals surface area contributed by atoms with E-state index in [1.54, 1.807) is 17.0 Å². The maximum atomic E-state index is 14.1. The predicted molar refractivity (Wildman–Crippen MR) is 83.3 cm³/mol. The van der Waals surface area contributed by atoms with Crippen molar-refractivity contribution in [2.45, 2.75) is 44.9 Å². The van der Waals surface area contributed by atoms with Gasteiger partial charge in [0.15, 0.2) is 0 Å². The molecule has 2 unspecified atom stereocenters. The van der Waals surface area contributed by atoms with Crippen LogP contribution in [0.5, 0.6) is 0 Å². The topological polar surface area (TPSA) is 58.8 Å². The fourth-order valence-corrected chi connectivity index (χ4v) is 3.26. The van der Waals surface area contributed by atoms with E-state index in [0.29, 0.717) is 24.5 Å². The van der Waals surface area contributed by atoms with Crippen LogP contribution in [-0.4, -0.2) is 41.8 Å². The number of carbonyl (C=O) groups excluding carboxylic acids is 1. The first kappa shape index (κ1) is 14.9. The van der Waals surface area contributed by atoms with Crippen LogP contribution in [0.25, 0.3) is 0 Å². The van der Waals surface area contributed by atoms with Gasteiger partial charge in [0.1, 0.15) is 11.4 Å². The maximum Gasteiger partial charge on any atom is 0.410 e. The normalized spacial score (nSPS) is 24.0. The number of nitrogens with zero attached hydrogens (tertiary/aromatic N) is 2. The quantitative estimate of drug-likeness (QED) is 0.810. The molecule has 2 N–H and O–H groups in total. The Morgan fingerprint density at radius 1 is 1.32 bits per heavy atom. The first-order valence-corrected chi connectivity index (χ1v) is 7.56. The number of ether oxygens (including phenoxy) is 1. The number of hydrogen-bond donors (Lipinski definition) is 1. The first-order chi connectivity index (χ1) is 10.2. The average Bonchev–Trinajstić information content (AvgIpc) is 2.96. The van der Waals surface area contributed by atoms with Gasteiger partial charge >= 0.3 is 6.09 Å². The summed E-state index contributed by atoms with van der Waals surface area (Å²) in [7, 11) is 0. The summed E-state index contributed by atoms with van der Waals surface area (Å²) in [4.78, 5) is 16.0. The van der Waals surface area contributed by atoms with Crippen molar-refractivity contribution in [3.05, 3.63) is 24.0 Å². The van der Waals surface area contributed by atoms with Gasteiger partial charge in [-0.1, -0.05) is 0 Å². The molecule has 1 amide bonds. The van der Waals surface area contributed by atoms with Crippen molar-refractivity contribution in [3.63, 3.8) is 0 Å². The average molecular weight is 307 g/mol. The number of rotatable bonds is 1. The largest absolute Gasteiger partial charge is 0.444 e. The summed E-state index contributed by atoms with van der Waals surface area (Å²) < 4.78 is 19.5. The molecular formula is C16H22FN3O2. The Balaban J connectivity index is 1.71. The van der Waals surface area contributed by atoms with Gasteiger partial charge in [0.25, 0.3) is 0 Å². The van der Waals surface area contributed by atoms with Crippen LogP contribution in [-0.2, 0) is 4.74 Å². The number of nitrogen functional groups attached to an aromatic ring is 1. The molecule has 0 saturated carbocycles. The molecule has 2 saturated heterocycles. The minimum Gasteiger partial charge on any atom is -0.444 e. The molecule has 0 aromatic heterocycles. The van der Waals surface area contributed by atoms with Crippen LogP contribution in [0.4, 0.5) is 20.6 Å². The van der Waals surface area contributed by atoms with Gasteiger partial charge in [-0.25, -0.2) is 9.18 Å². The number of likely N-dealkylation sites (tertiary alicyclic amines) is 1. The fourth-order valence-electron chi connectivity index (χ4n) is 3.26. The number of hydrogen-bond acceptors (Lipinski definition) is 4. The Labute approximate surface area is 129 Å². The Morgan fingerprint density at radius 3 is 2.59 bits per heavy atom. The van der Waals surface area contributed by atoms with Crippen LogP contribution in [0.15, 0.2) is 18.2 Å². The number of fused-ring (bicyclic) bond motifs is 2. The van der Waals surface area contributed by atoms with Gasteiger partial charge in [-0.05, 0) is 45.4 Å². The predicted octanol–water partition coefficient (Wildman–Crippen LogP) is 2.61. The molecule has 2 bridgehead atoms.